The topological polar surface area (TPSA) is 173 Å². The van der Waals surface area contributed by atoms with Gasteiger partial charge in [-0.05, 0) is 69.6 Å². The fraction of sp³-hybridized carbons (Fsp3) is 0.500. The summed E-state index contributed by atoms with van der Waals surface area (Å²) in [5.74, 6) is -1.52. The van der Waals surface area contributed by atoms with Gasteiger partial charge < -0.3 is 29.8 Å². The van der Waals surface area contributed by atoms with Gasteiger partial charge in [0.2, 0.25) is 23.5 Å². The molecule has 43 heavy (non-hydrogen) atoms. The Kier molecular flexibility index (Phi) is 9.62. The Bertz CT molecular complexity index is 1480. The predicted molar refractivity (Wildman–Crippen MR) is 156 cm³/mol. The van der Waals surface area contributed by atoms with Crippen LogP contribution in [0.3, 0.4) is 0 Å². The second-order valence-corrected chi connectivity index (χ2v) is 11.1. The molecule has 3 aliphatic carbocycles. The number of Topliss-reactive ketones (excluding diaryl/α,β-unsaturated/α-hetero) is 1. The van der Waals surface area contributed by atoms with Gasteiger partial charge in [0.15, 0.2) is 5.69 Å². The molecule has 5 rings (SSSR count). The van der Waals surface area contributed by atoms with Gasteiger partial charge in [0.25, 0.3) is 17.4 Å². The van der Waals surface area contributed by atoms with Gasteiger partial charge in [0, 0.05) is 31.7 Å². The molecule has 2 heterocycles. The first-order chi connectivity index (χ1) is 20.5. The minimum absolute atomic E-state index is 0.0639. The highest BCUT2D eigenvalue weighted by molar-refractivity contribution is 6.01. The zero-order valence-corrected chi connectivity index (χ0v) is 24.8. The first-order valence-corrected chi connectivity index (χ1v) is 14.5. The maximum Gasteiger partial charge on any atom is 0.274 e. The lowest BCUT2D eigenvalue weighted by atomic mass is 9.43. The number of allylic oxidation sites excluding steroid dienone is 1. The lowest BCUT2D eigenvalue weighted by Gasteiger charge is -2.67. The predicted octanol–water partition coefficient (Wildman–Crippen LogP) is 1.90. The Morgan fingerprint density at radius 3 is 2.51 bits per heavy atom. The van der Waals surface area contributed by atoms with Crippen molar-refractivity contribution in [3.05, 3.63) is 58.7 Å². The first-order valence-electron chi connectivity index (χ1n) is 14.5. The minimum Gasteiger partial charge on any atom is -0.441 e. The number of nitrogens with zero attached hydrogens (tertiary/aromatic N) is 3. The van der Waals surface area contributed by atoms with E-state index < -0.39 is 29.2 Å². The zero-order valence-electron chi connectivity index (χ0n) is 24.8. The molecule has 0 radical (unpaired) electrons. The second kappa shape index (κ2) is 13.2. The van der Waals surface area contributed by atoms with Gasteiger partial charge in [-0.25, -0.2) is 4.98 Å². The van der Waals surface area contributed by atoms with Crippen LogP contribution < -0.4 is 21.5 Å². The van der Waals surface area contributed by atoms with Gasteiger partial charge in [-0.2, -0.15) is 0 Å². The number of aromatic nitrogens is 2. The molecule has 0 aromatic carbocycles. The number of anilines is 1. The van der Waals surface area contributed by atoms with Crippen molar-refractivity contribution in [3.63, 3.8) is 0 Å². The number of pyridine rings is 1. The Morgan fingerprint density at radius 2 is 1.93 bits per heavy atom. The van der Waals surface area contributed by atoms with E-state index in [9.17, 15) is 28.8 Å². The lowest BCUT2D eigenvalue weighted by Crippen LogP contribution is -2.74. The summed E-state index contributed by atoms with van der Waals surface area (Å²) in [5, 5.41) is 8.18. The van der Waals surface area contributed by atoms with Crippen LogP contribution in [0.15, 0.2) is 46.0 Å². The smallest absolute Gasteiger partial charge is 0.274 e. The van der Waals surface area contributed by atoms with Gasteiger partial charge in [0.05, 0.1) is 0 Å². The Morgan fingerprint density at radius 1 is 1.21 bits per heavy atom. The van der Waals surface area contributed by atoms with E-state index in [1.807, 2.05) is 13.8 Å². The van der Waals surface area contributed by atoms with Crippen molar-refractivity contribution >= 4 is 35.1 Å². The van der Waals surface area contributed by atoms with Crippen LogP contribution in [-0.2, 0) is 20.9 Å². The fourth-order valence-electron chi connectivity index (χ4n) is 5.52. The average Bonchev–Trinajstić information content (AvgIpc) is 3.46. The summed E-state index contributed by atoms with van der Waals surface area (Å²) in [6, 6.07) is 1.82. The van der Waals surface area contributed by atoms with Crippen LogP contribution >= 0.6 is 0 Å². The quantitative estimate of drug-likeness (QED) is 0.220. The largest absolute Gasteiger partial charge is 0.441 e. The van der Waals surface area contributed by atoms with E-state index in [0.29, 0.717) is 24.9 Å². The van der Waals surface area contributed by atoms with E-state index in [1.165, 1.54) is 29.8 Å². The molecule has 2 bridgehead atoms. The number of carbonyl (C=O) groups is 5. The van der Waals surface area contributed by atoms with Crippen molar-refractivity contribution in [3.8, 4) is 0 Å². The molecule has 13 nitrogen and oxygen atoms in total. The van der Waals surface area contributed by atoms with E-state index in [2.05, 4.69) is 27.9 Å². The molecule has 0 aliphatic heterocycles. The molecule has 0 unspecified atom stereocenters. The van der Waals surface area contributed by atoms with Gasteiger partial charge in [0.1, 0.15) is 24.5 Å². The summed E-state index contributed by atoms with van der Waals surface area (Å²) in [6.45, 7) is 7.99. The third-order valence-electron chi connectivity index (χ3n) is 8.43. The van der Waals surface area contributed by atoms with Crippen LogP contribution in [0.4, 0.5) is 5.69 Å². The number of oxazole rings is 1. The van der Waals surface area contributed by atoms with Gasteiger partial charge >= 0.3 is 0 Å². The number of hydrogen-bond donors (Lipinski definition) is 3. The van der Waals surface area contributed by atoms with Crippen LogP contribution in [0.2, 0.25) is 0 Å². The number of amides is 4. The molecule has 4 amide bonds. The van der Waals surface area contributed by atoms with E-state index in [1.54, 1.807) is 17.0 Å². The summed E-state index contributed by atoms with van der Waals surface area (Å²) in [7, 11) is 0. The van der Waals surface area contributed by atoms with Crippen molar-refractivity contribution in [2.24, 2.45) is 11.8 Å². The third-order valence-corrected chi connectivity index (χ3v) is 8.43. The highest BCUT2D eigenvalue weighted by atomic mass is 16.3. The number of hydrogen-bond acceptors (Lipinski definition) is 8. The number of rotatable bonds is 14. The molecule has 2 atom stereocenters. The lowest BCUT2D eigenvalue weighted by molar-refractivity contribution is -0.151. The molecule has 0 saturated heterocycles. The molecule has 2 aromatic heterocycles. The number of likely N-dealkylation sites (N-methyl/N-ethyl adjacent to an activating group) is 1. The zero-order chi connectivity index (χ0) is 31.3. The Labute approximate surface area is 249 Å². The highest BCUT2D eigenvalue weighted by Crippen LogP contribution is 2.61. The van der Waals surface area contributed by atoms with Crippen LogP contribution in [-0.4, -0.2) is 68.5 Å². The number of carbonyl (C=O) groups excluding carboxylic acids is 5. The standard InChI is InChI=1S/C30H38N6O7/c1-5-35(6-2)25(39)12-8-7-10-21(31-27(41)23-17-43-28(33-23)19(4)37)26(40)32-22-11-9-13-36(29(22)42)16-24(38)34-30-14-20(15-30)18(30)3/h8-9,11-13,17-18,20-21H,5-7,10,14-16H2,1-4H3,(H,31,41)(H,32,40)(H,34,38)/b12-8+/t18-,20?,21-,30?/m0/s1. The maximum atomic E-state index is 13.3. The van der Waals surface area contributed by atoms with Crippen molar-refractivity contribution in [2.75, 3.05) is 18.4 Å². The molecule has 13 heteroatoms. The Balaban J connectivity index is 1.44. The highest BCUT2D eigenvalue weighted by Gasteiger charge is 2.63. The summed E-state index contributed by atoms with van der Waals surface area (Å²) in [5.41, 5.74) is -0.997. The monoisotopic (exact) mass is 594 g/mol. The summed E-state index contributed by atoms with van der Waals surface area (Å²) >= 11 is 0. The summed E-state index contributed by atoms with van der Waals surface area (Å²) in [6.07, 6.45) is 7.76. The summed E-state index contributed by atoms with van der Waals surface area (Å²) < 4.78 is 6.23. The molecule has 3 aliphatic rings. The SMILES string of the molecule is CCN(CC)C(=O)/C=C/CC[C@H](NC(=O)c1coc(C(C)=O)n1)C(=O)Nc1cccn(CC(=O)NC23CC(C2)[C@@H]3C)c1=O. The van der Waals surface area contributed by atoms with E-state index in [-0.39, 0.29) is 54.0 Å². The molecule has 3 fully saturated rings. The first kappa shape index (κ1) is 31.4. The number of nitrogens with one attached hydrogen (secondary N) is 3. The molecule has 3 N–H and O–H groups in total. The van der Waals surface area contributed by atoms with Crippen LogP contribution in [0.25, 0.3) is 0 Å². The molecule has 2 aromatic rings. The van der Waals surface area contributed by atoms with E-state index in [0.717, 1.165) is 19.1 Å². The average molecular weight is 595 g/mol. The maximum absolute atomic E-state index is 13.3. The molecule has 230 valence electrons. The molecule has 0 spiro atoms. The third kappa shape index (κ3) is 6.92. The second-order valence-electron chi connectivity index (χ2n) is 11.1. The van der Waals surface area contributed by atoms with Crippen molar-refractivity contribution < 1.29 is 28.4 Å². The normalized spacial score (nSPS) is 20.8. The molecular weight excluding hydrogens is 556 g/mol. The summed E-state index contributed by atoms with van der Waals surface area (Å²) in [4.78, 5) is 81.3. The van der Waals surface area contributed by atoms with Crippen LogP contribution in [0.5, 0.6) is 0 Å². The molecular formula is C30H38N6O7. The fourth-order valence-corrected chi connectivity index (χ4v) is 5.52. The van der Waals surface area contributed by atoms with Crippen LogP contribution in [0, 0.1) is 11.8 Å². The number of ketones is 1. The van der Waals surface area contributed by atoms with E-state index in [4.69, 9.17) is 4.42 Å². The van der Waals surface area contributed by atoms with Crippen LogP contribution in [0.1, 0.15) is 74.6 Å². The minimum atomic E-state index is -1.14. The van der Waals surface area contributed by atoms with Crippen molar-refractivity contribution in [1.29, 1.82) is 0 Å². The van der Waals surface area contributed by atoms with E-state index >= 15 is 0 Å². The van der Waals surface area contributed by atoms with Gasteiger partial charge in [-0.1, -0.05) is 13.0 Å². The van der Waals surface area contributed by atoms with Gasteiger partial charge in [-0.15, -0.1) is 0 Å². The van der Waals surface area contributed by atoms with Gasteiger partial charge in [-0.3, -0.25) is 28.8 Å². The van der Waals surface area contributed by atoms with Crippen molar-refractivity contribution in [2.45, 2.75) is 71.5 Å². The Hall–Kier alpha value is -4.55. The van der Waals surface area contributed by atoms with Crippen molar-refractivity contribution in [1.82, 2.24) is 25.1 Å². The molecule has 3 saturated carbocycles.